The Balaban J connectivity index is 2.62. The summed E-state index contributed by atoms with van der Waals surface area (Å²) < 4.78 is 10.2. The van der Waals surface area contributed by atoms with Gasteiger partial charge in [0, 0.05) is 6.07 Å². The third kappa shape index (κ3) is 0.611. The molecule has 3 aromatic rings. The Morgan fingerprint density at radius 2 is 1.42 bits per heavy atom. The lowest BCUT2D eigenvalue weighted by Gasteiger charge is -1.84. The summed E-state index contributed by atoms with van der Waals surface area (Å²) in [5, 5.41) is 0. The third-order valence-corrected chi connectivity index (χ3v) is 1.78. The molecule has 4 heteroatoms. The molecule has 58 valence electrons. The molecule has 0 aliphatic rings. The molecule has 0 saturated heterocycles. The Kier molecular flexibility index (Phi) is 0.889. The molecule has 0 spiro atoms. The summed E-state index contributed by atoms with van der Waals surface area (Å²) in [6.07, 6.45) is 2.81. The number of benzene rings is 1. The molecule has 4 nitrogen and oxygen atoms in total. The van der Waals surface area contributed by atoms with Gasteiger partial charge >= 0.3 is 0 Å². The molecule has 0 aliphatic carbocycles. The highest BCUT2D eigenvalue weighted by atomic mass is 16.3. The van der Waals surface area contributed by atoms with Gasteiger partial charge in [0.15, 0.2) is 24.0 Å². The molecule has 1 aromatic carbocycles. The van der Waals surface area contributed by atoms with E-state index in [2.05, 4.69) is 9.97 Å². The summed E-state index contributed by atoms with van der Waals surface area (Å²) in [6.45, 7) is 0. The highest BCUT2D eigenvalue weighted by Gasteiger charge is 2.03. The van der Waals surface area contributed by atoms with Gasteiger partial charge in [-0.25, -0.2) is 9.97 Å². The van der Waals surface area contributed by atoms with Gasteiger partial charge in [-0.3, -0.25) is 0 Å². The molecule has 0 unspecified atom stereocenters. The summed E-state index contributed by atoms with van der Waals surface area (Å²) >= 11 is 0. The fourth-order valence-electron chi connectivity index (χ4n) is 1.21. The molecule has 2 aromatic heterocycles. The Bertz CT molecular complexity index is 447. The van der Waals surface area contributed by atoms with Crippen LogP contribution in [-0.2, 0) is 0 Å². The molecule has 0 bridgehead atoms. The van der Waals surface area contributed by atoms with Crippen LogP contribution in [0.5, 0.6) is 0 Å². The monoisotopic (exact) mass is 160 g/mol. The first-order valence-corrected chi connectivity index (χ1v) is 3.50. The van der Waals surface area contributed by atoms with Crippen LogP contribution in [0.4, 0.5) is 0 Å². The van der Waals surface area contributed by atoms with Crippen LogP contribution >= 0.6 is 0 Å². The van der Waals surface area contributed by atoms with E-state index in [4.69, 9.17) is 8.83 Å². The Morgan fingerprint density at radius 3 is 2.00 bits per heavy atom. The smallest absolute Gasteiger partial charge is 0.181 e. The van der Waals surface area contributed by atoms with Crippen molar-refractivity contribution >= 4 is 22.2 Å². The first-order chi connectivity index (χ1) is 5.93. The predicted molar refractivity (Wildman–Crippen MR) is 41.6 cm³/mol. The fourth-order valence-corrected chi connectivity index (χ4v) is 1.21. The van der Waals surface area contributed by atoms with Crippen LogP contribution in [0.2, 0.25) is 0 Å². The minimum Gasteiger partial charge on any atom is -0.443 e. The van der Waals surface area contributed by atoms with Crippen LogP contribution in [0.1, 0.15) is 0 Å². The van der Waals surface area contributed by atoms with Gasteiger partial charge in [-0.2, -0.15) is 0 Å². The van der Waals surface area contributed by atoms with Gasteiger partial charge in [0.1, 0.15) is 11.0 Å². The number of nitrogens with zero attached hydrogens (tertiary/aromatic N) is 2. The van der Waals surface area contributed by atoms with Crippen LogP contribution in [0.3, 0.4) is 0 Å². The van der Waals surface area contributed by atoms with E-state index in [0.29, 0.717) is 0 Å². The second-order valence-corrected chi connectivity index (χ2v) is 2.49. The normalized spacial score (nSPS) is 11.3. The third-order valence-electron chi connectivity index (χ3n) is 1.78. The van der Waals surface area contributed by atoms with Gasteiger partial charge in [0.25, 0.3) is 0 Å². The maximum absolute atomic E-state index is 5.10. The summed E-state index contributed by atoms with van der Waals surface area (Å²) in [4.78, 5) is 8.00. The highest BCUT2D eigenvalue weighted by molar-refractivity contribution is 5.88. The van der Waals surface area contributed by atoms with E-state index in [1.165, 1.54) is 12.8 Å². The van der Waals surface area contributed by atoms with Crippen molar-refractivity contribution in [3.8, 4) is 0 Å². The zero-order valence-corrected chi connectivity index (χ0v) is 6.02. The van der Waals surface area contributed by atoms with Gasteiger partial charge in [-0.15, -0.1) is 0 Å². The molecule has 0 N–H and O–H groups in total. The van der Waals surface area contributed by atoms with E-state index in [0.717, 1.165) is 22.2 Å². The van der Waals surface area contributed by atoms with Crippen molar-refractivity contribution in [1.82, 2.24) is 9.97 Å². The van der Waals surface area contributed by atoms with Crippen LogP contribution < -0.4 is 0 Å². The van der Waals surface area contributed by atoms with Crippen molar-refractivity contribution in [2.75, 3.05) is 0 Å². The van der Waals surface area contributed by atoms with E-state index in [1.54, 1.807) is 6.07 Å². The second-order valence-electron chi connectivity index (χ2n) is 2.49. The summed E-state index contributed by atoms with van der Waals surface area (Å²) in [6, 6.07) is 3.61. The fraction of sp³-hybridized carbons (Fsp3) is 0. The Labute approximate surface area is 66.8 Å². The molecule has 0 saturated carbocycles. The van der Waals surface area contributed by atoms with Gasteiger partial charge in [0.05, 0.1) is 0 Å². The van der Waals surface area contributed by atoms with Crippen LogP contribution in [0, 0.1) is 0 Å². The topological polar surface area (TPSA) is 52.1 Å². The van der Waals surface area contributed by atoms with Gasteiger partial charge in [-0.05, 0) is 6.07 Å². The SMILES string of the molecule is c1nc2cc3ncoc3cc2o1. The average Bonchev–Trinajstić information content (AvgIpc) is 2.64. The van der Waals surface area contributed by atoms with Crippen molar-refractivity contribution < 1.29 is 8.83 Å². The molecular formula is C8H4N2O2. The molecular weight excluding hydrogens is 156 g/mol. The van der Waals surface area contributed by atoms with E-state index < -0.39 is 0 Å². The molecule has 2 heterocycles. The number of hydrogen-bond acceptors (Lipinski definition) is 4. The predicted octanol–water partition coefficient (Wildman–Crippen LogP) is 1.97. The maximum atomic E-state index is 5.10. The standard InChI is InChI=1S/C8H4N2O2/c1-5-7(11-3-9-5)2-8-6(1)10-4-12-8/h1-4H. The first-order valence-electron chi connectivity index (χ1n) is 3.50. The van der Waals surface area contributed by atoms with Gasteiger partial charge < -0.3 is 8.83 Å². The number of aromatic nitrogens is 2. The van der Waals surface area contributed by atoms with Crippen molar-refractivity contribution in [2.24, 2.45) is 0 Å². The van der Waals surface area contributed by atoms with E-state index in [9.17, 15) is 0 Å². The van der Waals surface area contributed by atoms with Crippen molar-refractivity contribution in [1.29, 1.82) is 0 Å². The molecule has 0 aliphatic heterocycles. The quantitative estimate of drug-likeness (QED) is 0.504. The van der Waals surface area contributed by atoms with Gasteiger partial charge in [-0.1, -0.05) is 0 Å². The number of fused-ring (bicyclic) bond motifs is 2. The lowest BCUT2D eigenvalue weighted by Crippen LogP contribution is -1.69. The zero-order chi connectivity index (χ0) is 7.97. The summed E-state index contributed by atoms with van der Waals surface area (Å²) in [5.74, 6) is 0. The lowest BCUT2D eigenvalue weighted by molar-refractivity contribution is 0.591. The highest BCUT2D eigenvalue weighted by Crippen LogP contribution is 2.20. The number of oxazole rings is 2. The molecule has 0 atom stereocenters. The first kappa shape index (κ1) is 5.77. The zero-order valence-electron chi connectivity index (χ0n) is 6.02. The largest absolute Gasteiger partial charge is 0.443 e. The maximum Gasteiger partial charge on any atom is 0.181 e. The van der Waals surface area contributed by atoms with E-state index >= 15 is 0 Å². The molecule has 3 rings (SSSR count). The van der Waals surface area contributed by atoms with Crippen LogP contribution in [-0.4, -0.2) is 9.97 Å². The molecule has 0 amide bonds. The Hall–Kier alpha value is -1.84. The van der Waals surface area contributed by atoms with Crippen LogP contribution in [0.25, 0.3) is 22.2 Å². The molecule has 0 radical (unpaired) electrons. The number of rotatable bonds is 0. The average molecular weight is 160 g/mol. The Morgan fingerprint density at radius 1 is 0.833 bits per heavy atom. The van der Waals surface area contributed by atoms with Crippen molar-refractivity contribution in [2.45, 2.75) is 0 Å². The van der Waals surface area contributed by atoms with Crippen LogP contribution in [0.15, 0.2) is 33.8 Å². The van der Waals surface area contributed by atoms with Crippen molar-refractivity contribution in [3.05, 3.63) is 24.9 Å². The van der Waals surface area contributed by atoms with E-state index in [1.807, 2.05) is 6.07 Å². The summed E-state index contributed by atoms with van der Waals surface area (Å²) in [5.41, 5.74) is 3.05. The minimum absolute atomic E-state index is 0.722. The minimum atomic E-state index is 0.722. The second kappa shape index (κ2) is 1.85. The molecule has 0 fully saturated rings. The van der Waals surface area contributed by atoms with Gasteiger partial charge in [0.2, 0.25) is 0 Å². The lowest BCUT2D eigenvalue weighted by atomic mass is 10.3. The molecule has 12 heavy (non-hydrogen) atoms. The van der Waals surface area contributed by atoms with E-state index in [-0.39, 0.29) is 0 Å². The van der Waals surface area contributed by atoms with Crippen molar-refractivity contribution in [3.63, 3.8) is 0 Å². The summed E-state index contributed by atoms with van der Waals surface area (Å²) in [7, 11) is 0. The number of hydrogen-bond donors (Lipinski definition) is 0.